The number of rotatable bonds is 10. The number of halogens is 1. The van der Waals surface area contributed by atoms with E-state index in [-0.39, 0.29) is 23.8 Å². The summed E-state index contributed by atoms with van der Waals surface area (Å²) in [4.78, 5) is 47.5. The van der Waals surface area contributed by atoms with Gasteiger partial charge in [0.25, 0.3) is 5.91 Å². The molecule has 1 saturated carbocycles. The molecule has 1 aromatic heterocycles. The Labute approximate surface area is 248 Å². The number of likely N-dealkylation sites (tertiary alicyclic amines) is 1. The van der Waals surface area contributed by atoms with Gasteiger partial charge in [0.05, 0.1) is 23.5 Å². The molecule has 2 amide bonds. The first-order chi connectivity index (χ1) is 19.8. The van der Waals surface area contributed by atoms with Gasteiger partial charge in [0.1, 0.15) is 5.78 Å². The second kappa shape index (κ2) is 13.4. The van der Waals surface area contributed by atoms with Crippen molar-refractivity contribution >= 4 is 46.4 Å². The Morgan fingerprint density at radius 1 is 1.12 bits per heavy atom. The van der Waals surface area contributed by atoms with Crippen LogP contribution < -0.4 is 15.5 Å². The summed E-state index contributed by atoms with van der Waals surface area (Å²) >= 11 is 6.19. The number of nitrogens with one attached hydrogen (secondary N) is 2. The van der Waals surface area contributed by atoms with Crippen LogP contribution in [0.1, 0.15) is 81.5 Å². The summed E-state index contributed by atoms with van der Waals surface area (Å²) < 4.78 is 0. The topological polar surface area (TPSA) is 94.6 Å². The summed E-state index contributed by atoms with van der Waals surface area (Å²) in [6.45, 7) is 5.87. The summed E-state index contributed by atoms with van der Waals surface area (Å²) in [7, 11) is 0. The number of carbonyl (C=O) groups is 3. The highest BCUT2D eigenvalue weighted by atomic mass is 35.5. The van der Waals surface area contributed by atoms with E-state index in [1.807, 2.05) is 0 Å². The first-order valence-electron chi connectivity index (χ1n) is 15.2. The molecule has 8 nitrogen and oxygen atoms in total. The second-order valence-electron chi connectivity index (χ2n) is 12.1. The van der Waals surface area contributed by atoms with Crippen LogP contribution >= 0.6 is 11.6 Å². The van der Waals surface area contributed by atoms with Crippen molar-refractivity contribution in [3.63, 3.8) is 0 Å². The second-order valence-corrected chi connectivity index (χ2v) is 12.6. The number of fused-ring (bicyclic) bond motifs is 2. The van der Waals surface area contributed by atoms with E-state index in [2.05, 4.69) is 27.4 Å². The third-order valence-electron chi connectivity index (χ3n) is 9.13. The van der Waals surface area contributed by atoms with Crippen molar-refractivity contribution in [2.24, 2.45) is 11.3 Å². The average molecular weight is 580 g/mol. The summed E-state index contributed by atoms with van der Waals surface area (Å²) in [6, 6.07) is 8.49. The maximum absolute atomic E-state index is 13.7. The van der Waals surface area contributed by atoms with Crippen LogP contribution in [0.25, 0.3) is 0 Å². The van der Waals surface area contributed by atoms with Crippen LogP contribution in [0.4, 0.5) is 17.2 Å². The van der Waals surface area contributed by atoms with Crippen molar-refractivity contribution in [3.05, 3.63) is 47.1 Å². The highest BCUT2D eigenvalue weighted by Crippen LogP contribution is 2.38. The maximum Gasteiger partial charge on any atom is 0.257 e. The molecule has 3 heterocycles. The summed E-state index contributed by atoms with van der Waals surface area (Å²) in [5.74, 6) is 1.07. The lowest BCUT2D eigenvalue weighted by Crippen LogP contribution is -2.42. The van der Waals surface area contributed by atoms with Gasteiger partial charge in [-0.2, -0.15) is 0 Å². The highest BCUT2D eigenvalue weighted by Gasteiger charge is 2.34. The minimum absolute atomic E-state index is 0.0895. The molecule has 1 aliphatic carbocycles. The van der Waals surface area contributed by atoms with Gasteiger partial charge in [0, 0.05) is 29.6 Å². The smallest absolute Gasteiger partial charge is 0.257 e. The molecule has 1 aromatic carbocycles. The number of amides is 2. The molecule has 2 aliphatic heterocycles. The fraction of sp³-hybridized carbons (Fsp3) is 0.562. The van der Waals surface area contributed by atoms with E-state index >= 15 is 0 Å². The van der Waals surface area contributed by atoms with Gasteiger partial charge in [-0.1, -0.05) is 37.8 Å². The van der Waals surface area contributed by atoms with Crippen molar-refractivity contribution in [2.75, 3.05) is 42.9 Å². The molecule has 41 heavy (non-hydrogen) atoms. The number of anilines is 3. The van der Waals surface area contributed by atoms with Gasteiger partial charge < -0.3 is 10.6 Å². The van der Waals surface area contributed by atoms with Crippen LogP contribution in [-0.2, 0) is 9.59 Å². The van der Waals surface area contributed by atoms with Crippen LogP contribution in [0, 0.1) is 11.3 Å². The first kappa shape index (κ1) is 29.7. The van der Waals surface area contributed by atoms with Crippen molar-refractivity contribution in [3.8, 4) is 0 Å². The van der Waals surface area contributed by atoms with Crippen molar-refractivity contribution in [2.45, 2.75) is 71.1 Å². The Kier molecular flexibility index (Phi) is 9.73. The summed E-state index contributed by atoms with van der Waals surface area (Å²) in [6.07, 6.45) is 12.4. The molecule has 5 rings (SSSR count). The standard InChI is InChI=1S/C32H42ClN5O3/c1-32(14-3-2-4-15-32)28(39)11-18-34-16-5-7-23-12-19-37(20-13-23)22-29(40)38-27-10-9-24(33)21-25(27)31(41)36-26-8-6-17-35-30(26)38/h6,8-10,17,21,23,34H,2-5,7,11-16,18-20,22H2,1H3,(H,36,41). The number of benzene rings is 1. The molecule has 0 spiro atoms. The van der Waals surface area contributed by atoms with E-state index in [4.69, 9.17) is 11.6 Å². The zero-order valence-corrected chi connectivity index (χ0v) is 24.8. The number of pyridine rings is 1. The van der Waals surface area contributed by atoms with Gasteiger partial charge in [-0.3, -0.25) is 24.2 Å². The zero-order valence-electron chi connectivity index (χ0n) is 24.1. The predicted molar refractivity (Wildman–Crippen MR) is 163 cm³/mol. The third kappa shape index (κ3) is 7.16. The number of piperidine rings is 1. The van der Waals surface area contributed by atoms with Crippen molar-refractivity contribution < 1.29 is 14.4 Å². The molecule has 2 aromatic rings. The van der Waals surface area contributed by atoms with E-state index in [1.54, 1.807) is 41.4 Å². The number of ketones is 1. The zero-order chi connectivity index (χ0) is 28.8. The largest absolute Gasteiger partial charge is 0.319 e. The van der Waals surface area contributed by atoms with Gasteiger partial charge >= 0.3 is 0 Å². The van der Waals surface area contributed by atoms with E-state index in [9.17, 15) is 14.4 Å². The SMILES string of the molecule is CC1(C(=O)CCNCCCC2CCN(CC(=O)N3c4ccc(Cl)cc4C(=O)Nc4cccnc43)CC2)CCCCC1. The molecule has 2 fully saturated rings. The summed E-state index contributed by atoms with van der Waals surface area (Å²) in [5.41, 5.74) is 1.25. The van der Waals surface area contributed by atoms with Crippen LogP contribution in [0.3, 0.4) is 0 Å². The molecular formula is C32H42ClN5O3. The fourth-order valence-corrected chi connectivity index (χ4v) is 6.74. The average Bonchev–Trinajstić information content (AvgIpc) is 3.09. The normalized spacial score (nSPS) is 19.2. The lowest BCUT2D eigenvalue weighted by atomic mass is 9.72. The van der Waals surface area contributed by atoms with Crippen LogP contribution in [-0.4, -0.2) is 60.2 Å². The van der Waals surface area contributed by atoms with E-state index < -0.39 is 0 Å². The predicted octanol–water partition coefficient (Wildman–Crippen LogP) is 5.98. The van der Waals surface area contributed by atoms with Crippen molar-refractivity contribution in [1.82, 2.24) is 15.2 Å². The number of hydrogen-bond acceptors (Lipinski definition) is 6. The van der Waals surface area contributed by atoms with Crippen molar-refractivity contribution in [1.29, 1.82) is 0 Å². The number of nitrogens with zero attached hydrogens (tertiary/aromatic N) is 3. The Morgan fingerprint density at radius 3 is 2.68 bits per heavy atom. The Balaban J connectivity index is 1.07. The summed E-state index contributed by atoms with van der Waals surface area (Å²) in [5, 5.41) is 6.79. The Morgan fingerprint density at radius 2 is 1.90 bits per heavy atom. The molecule has 2 N–H and O–H groups in total. The van der Waals surface area contributed by atoms with E-state index in [0.29, 0.717) is 45.9 Å². The molecule has 1 saturated heterocycles. The molecule has 0 radical (unpaired) electrons. The monoisotopic (exact) mass is 579 g/mol. The molecule has 9 heteroatoms. The molecule has 220 valence electrons. The highest BCUT2D eigenvalue weighted by molar-refractivity contribution is 6.31. The Bertz CT molecular complexity index is 1250. The number of hydrogen-bond donors (Lipinski definition) is 2. The first-order valence-corrected chi connectivity index (χ1v) is 15.6. The number of carbonyl (C=O) groups excluding carboxylic acids is 3. The van der Waals surface area contributed by atoms with Gasteiger partial charge in [0.2, 0.25) is 5.91 Å². The number of aromatic nitrogens is 1. The van der Waals surface area contributed by atoms with E-state index in [1.165, 1.54) is 19.3 Å². The molecule has 3 aliphatic rings. The lowest BCUT2D eigenvalue weighted by molar-refractivity contribution is -0.129. The Hall–Kier alpha value is -2.81. The van der Waals surface area contributed by atoms with Crippen LogP contribution in [0.15, 0.2) is 36.5 Å². The van der Waals surface area contributed by atoms with Gasteiger partial charge in [-0.05, 0) is 94.4 Å². The fourth-order valence-electron chi connectivity index (χ4n) is 6.56. The van der Waals surface area contributed by atoms with E-state index in [0.717, 1.165) is 64.7 Å². The minimum Gasteiger partial charge on any atom is -0.319 e. The molecule has 0 atom stereocenters. The third-order valence-corrected chi connectivity index (χ3v) is 9.37. The molecule has 0 unspecified atom stereocenters. The van der Waals surface area contributed by atoms with Crippen LogP contribution in [0.5, 0.6) is 0 Å². The lowest BCUT2D eigenvalue weighted by Gasteiger charge is -2.33. The quantitative estimate of drug-likeness (QED) is 0.336. The minimum atomic E-state index is -0.313. The number of Topliss-reactive ketones (excluding diaryl/α,β-unsaturated/α-hetero) is 1. The maximum atomic E-state index is 13.7. The van der Waals surface area contributed by atoms with Gasteiger partial charge in [-0.25, -0.2) is 4.98 Å². The van der Waals surface area contributed by atoms with Gasteiger partial charge in [0.15, 0.2) is 5.82 Å². The van der Waals surface area contributed by atoms with Crippen LogP contribution in [0.2, 0.25) is 5.02 Å². The molecular weight excluding hydrogens is 538 g/mol. The molecule has 0 bridgehead atoms. The van der Waals surface area contributed by atoms with Gasteiger partial charge in [-0.15, -0.1) is 0 Å².